The van der Waals surface area contributed by atoms with Crippen molar-refractivity contribution in [1.82, 2.24) is 4.98 Å². The molecule has 2 nitrogen and oxygen atoms in total. The summed E-state index contributed by atoms with van der Waals surface area (Å²) in [5, 5.41) is 2.05. The summed E-state index contributed by atoms with van der Waals surface area (Å²) >= 11 is 12.5. The number of rotatable bonds is 4. The van der Waals surface area contributed by atoms with Gasteiger partial charge in [0.05, 0.1) is 11.1 Å². The van der Waals surface area contributed by atoms with Crippen LogP contribution in [0.1, 0.15) is 21.6 Å². The van der Waals surface area contributed by atoms with Crippen molar-refractivity contribution in [3.8, 4) is 11.1 Å². The number of nitrogens with zero attached hydrogens (tertiary/aromatic N) is 1. The number of aromatic nitrogens is 1. The van der Waals surface area contributed by atoms with Crippen molar-refractivity contribution < 1.29 is 4.79 Å². The van der Waals surface area contributed by atoms with Gasteiger partial charge in [-0.25, -0.2) is 0 Å². The third kappa shape index (κ3) is 3.95. The number of halogens is 2. The average Bonchev–Trinajstić information content (AvgIpc) is 2.73. The number of carbonyl (C=O) groups is 1. The molecule has 0 N–H and O–H groups in total. The van der Waals surface area contributed by atoms with Crippen LogP contribution in [0.2, 0.25) is 10.0 Å². The van der Waals surface area contributed by atoms with Crippen molar-refractivity contribution in [2.75, 3.05) is 0 Å². The van der Waals surface area contributed by atoms with E-state index in [2.05, 4.69) is 4.98 Å². The number of fused-ring (bicyclic) bond motifs is 1. The van der Waals surface area contributed by atoms with Crippen molar-refractivity contribution >= 4 is 46.0 Å². The Hall–Kier alpha value is -2.94. The standard InChI is InChI=1S/C25H17Cl2NO/c1-16-24(23(29)14-11-17-7-5-6-10-21(17)27)25(18-8-3-2-4-9-18)20-15-19(26)12-13-22(20)28-16/h2-15H,1H3/b14-11+. The number of carbonyl (C=O) groups excluding carboxylic acids is 1. The SMILES string of the molecule is Cc1nc2ccc(Cl)cc2c(-c2ccccc2)c1C(=O)/C=C/c1ccccc1Cl. The molecule has 1 heterocycles. The molecule has 29 heavy (non-hydrogen) atoms. The number of aryl methyl sites for hydroxylation is 1. The van der Waals surface area contributed by atoms with Crippen LogP contribution in [-0.2, 0) is 0 Å². The molecule has 0 amide bonds. The van der Waals surface area contributed by atoms with Gasteiger partial charge in [-0.1, -0.05) is 71.7 Å². The molecule has 0 unspecified atom stereocenters. The summed E-state index contributed by atoms with van der Waals surface area (Å²) in [4.78, 5) is 17.9. The smallest absolute Gasteiger partial charge is 0.188 e. The van der Waals surface area contributed by atoms with E-state index in [1.165, 1.54) is 0 Å². The van der Waals surface area contributed by atoms with Crippen molar-refractivity contribution in [2.24, 2.45) is 0 Å². The summed E-state index contributed by atoms with van der Waals surface area (Å²) < 4.78 is 0. The van der Waals surface area contributed by atoms with Gasteiger partial charge in [0.2, 0.25) is 0 Å². The topological polar surface area (TPSA) is 30.0 Å². The maximum absolute atomic E-state index is 13.3. The Morgan fingerprint density at radius 3 is 2.41 bits per heavy atom. The highest BCUT2D eigenvalue weighted by molar-refractivity contribution is 6.32. The van der Waals surface area contributed by atoms with E-state index < -0.39 is 0 Å². The Bertz CT molecular complexity index is 1250. The Morgan fingerprint density at radius 1 is 0.931 bits per heavy atom. The van der Waals surface area contributed by atoms with E-state index in [9.17, 15) is 4.79 Å². The van der Waals surface area contributed by atoms with E-state index in [0.29, 0.717) is 21.3 Å². The van der Waals surface area contributed by atoms with Gasteiger partial charge in [-0.05, 0) is 54.5 Å². The molecule has 1 aromatic heterocycles. The highest BCUT2D eigenvalue weighted by Gasteiger charge is 2.19. The molecule has 4 heteroatoms. The molecule has 142 valence electrons. The summed E-state index contributed by atoms with van der Waals surface area (Å²) in [7, 11) is 0. The largest absolute Gasteiger partial charge is 0.289 e. The fourth-order valence-electron chi connectivity index (χ4n) is 3.42. The summed E-state index contributed by atoms with van der Waals surface area (Å²) in [5.74, 6) is -0.129. The van der Waals surface area contributed by atoms with Crippen LogP contribution in [0.3, 0.4) is 0 Å². The minimum atomic E-state index is -0.129. The number of pyridine rings is 1. The third-order valence-electron chi connectivity index (χ3n) is 4.76. The van der Waals surface area contributed by atoms with Crippen LogP contribution in [0.25, 0.3) is 28.1 Å². The third-order valence-corrected chi connectivity index (χ3v) is 5.34. The molecule has 0 aliphatic rings. The first kappa shape index (κ1) is 19.4. The molecule has 0 aliphatic carbocycles. The van der Waals surface area contributed by atoms with E-state index in [0.717, 1.165) is 27.6 Å². The second-order valence-electron chi connectivity index (χ2n) is 6.69. The predicted molar refractivity (Wildman–Crippen MR) is 122 cm³/mol. The molecule has 0 bridgehead atoms. The van der Waals surface area contributed by atoms with Gasteiger partial charge in [-0.3, -0.25) is 9.78 Å². The number of hydrogen-bond donors (Lipinski definition) is 0. The Morgan fingerprint density at radius 2 is 1.66 bits per heavy atom. The van der Waals surface area contributed by atoms with Crippen LogP contribution in [0.5, 0.6) is 0 Å². The van der Waals surface area contributed by atoms with Crippen LogP contribution in [-0.4, -0.2) is 10.8 Å². The lowest BCUT2D eigenvalue weighted by molar-refractivity contribution is 0.104. The number of ketones is 1. The quantitative estimate of drug-likeness (QED) is 0.255. The Balaban J connectivity index is 1.93. The molecule has 0 fully saturated rings. The van der Waals surface area contributed by atoms with Gasteiger partial charge >= 0.3 is 0 Å². The second kappa shape index (κ2) is 8.20. The average molecular weight is 418 g/mol. The van der Waals surface area contributed by atoms with Gasteiger partial charge in [0, 0.05) is 26.7 Å². The highest BCUT2D eigenvalue weighted by Crippen LogP contribution is 2.35. The second-order valence-corrected chi connectivity index (χ2v) is 7.54. The summed E-state index contributed by atoms with van der Waals surface area (Å²) in [6.45, 7) is 1.86. The number of benzene rings is 3. The first-order valence-electron chi connectivity index (χ1n) is 9.17. The van der Waals surface area contributed by atoms with Crippen LogP contribution >= 0.6 is 23.2 Å². The van der Waals surface area contributed by atoms with Gasteiger partial charge in [0.1, 0.15) is 0 Å². The molecule has 0 aliphatic heterocycles. The summed E-state index contributed by atoms with van der Waals surface area (Å²) in [5.41, 5.74) is 4.61. The molecule has 0 atom stereocenters. The van der Waals surface area contributed by atoms with E-state index >= 15 is 0 Å². The molecule has 0 spiro atoms. The normalized spacial score (nSPS) is 11.3. The van der Waals surface area contributed by atoms with Gasteiger partial charge in [0.15, 0.2) is 5.78 Å². The zero-order valence-corrected chi connectivity index (χ0v) is 17.2. The molecule has 4 aromatic rings. The van der Waals surface area contributed by atoms with Gasteiger partial charge in [0.25, 0.3) is 0 Å². The Kier molecular flexibility index (Phi) is 5.48. The zero-order chi connectivity index (χ0) is 20.4. The monoisotopic (exact) mass is 417 g/mol. The van der Waals surface area contributed by atoms with Crippen molar-refractivity contribution in [3.05, 3.63) is 106 Å². The number of allylic oxidation sites excluding steroid dienone is 1. The highest BCUT2D eigenvalue weighted by atomic mass is 35.5. The molecule has 4 rings (SSSR count). The van der Waals surface area contributed by atoms with Crippen LogP contribution in [0, 0.1) is 6.92 Å². The van der Waals surface area contributed by atoms with Crippen molar-refractivity contribution in [1.29, 1.82) is 0 Å². The molecule has 0 radical (unpaired) electrons. The lowest BCUT2D eigenvalue weighted by atomic mass is 9.92. The first-order chi connectivity index (χ1) is 14.0. The Labute approximate surface area is 179 Å². The van der Waals surface area contributed by atoms with E-state index in [4.69, 9.17) is 23.2 Å². The lowest BCUT2D eigenvalue weighted by Crippen LogP contribution is -2.05. The molecule has 0 saturated heterocycles. The lowest BCUT2D eigenvalue weighted by Gasteiger charge is -2.14. The van der Waals surface area contributed by atoms with Gasteiger partial charge in [-0.15, -0.1) is 0 Å². The summed E-state index contributed by atoms with van der Waals surface area (Å²) in [6, 6.07) is 22.8. The van der Waals surface area contributed by atoms with E-state index in [1.807, 2.05) is 73.7 Å². The van der Waals surface area contributed by atoms with Crippen molar-refractivity contribution in [3.63, 3.8) is 0 Å². The molecule has 3 aromatic carbocycles. The van der Waals surface area contributed by atoms with Gasteiger partial charge in [-0.2, -0.15) is 0 Å². The molecule has 0 saturated carbocycles. The van der Waals surface area contributed by atoms with E-state index in [-0.39, 0.29) is 5.78 Å². The minimum absolute atomic E-state index is 0.129. The maximum Gasteiger partial charge on any atom is 0.188 e. The van der Waals surface area contributed by atoms with Crippen LogP contribution < -0.4 is 0 Å². The molecular formula is C25H17Cl2NO. The van der Waals surface area contributed by atoms with Crippen LogP contribution in [0.15, 0.2) is 78.9 Å². The van der Waals surface area contributed by atoms with Crippen LogP contribution in [0.4, 0.5) is 0 Å². The van der Waals surface area contributed by atoms with Crippen molar-refractivity contribution in [2.45, 2.75) is 6.92 Å². The first-order valence-corrected chi connectivity index (χ1v) is 9.92. The van der Waals surface area contributed by atoms with E-state index in [1.54, 1.807) is 18.2 Å². The fraction of sp³-hybridized carbons (Fsp3) is 0.0400. The predicted octanol–water partition coefficient (Wildman–Crippen LogP) is 7.41. The molecular weight excluding hydrogens is 401 g/mol. The minimum Gasteiger partial charge on any atom is -0.289 e. The fourth-order valence-corrected chi connectivity index (χ4v) is 3.79. The number of hydrogen-bond acceptors (Lipinski definition) is 2. The summed E-state index contributed by atoms with van der Waals surface area (Å²) in [6.07, 6.45) is 3.29. The van der Waals surface area contributed by atoms with Gasteiger partial charge < -0.3 is 0 Å². The maximum atomic E-state index is 13.3. The zero-order valence-electron chi connectivity index (χ0n) is 15.7.